The highest BCUT2D eigenvalue weighted by Gasteiger charge is 2.51. The first-order valence-corrected chi connectivity index (χ1v) is 12.3. The van der Waals surface area contributed by atoms with Crippen LogP contribution in [0.2, 0.25) is 0 Å². The van der Waals surface area contributed by atoms with Gasteiger partial charge < -0.3 is 9.88 Å². The second-order valence-corrected chi connectivity index (χ2v) is 10.6. The molecule has 0 unspecified atom stereocenters. The van der Waals surface area contributed by atoms with Gasteiger partial charge in [-0.05, 0) is 72.4 Å². The number of fused-ring (bicyclic) bond motifs is 1. The molecule has 0 radical (unpaired) electrons. The van der Waals surface area contributed by atoms with Gasteiger partial charge in [-0.2, -0.15) is 0 Å². The topological polar surface area (TPSA) is 34.0 Å². The molecular formula is C30H28F2N2O. The average molecular weight is 471 g/mol. The monoisotopic (exact) mass is 470 g/mol. The van der Waals surface area contributed by atoms with Gasteiger partial charge in [0.05, 0.1) is 11.1 Å². The normalized spacial score (nSPS) is 23.2. The fourth-order valence-corrected chi connectivity index (χ4v) is 6.41. The molecule has 6 rings (SSSR count). The number of benzene rings is 3. The molecule has 1 aromatic heterocycles. The van der Waals surface area contributed by atoms with E-state index in [-0.39, 0.29) is 23.6 Å². The van der Waals surface area contributed by atoms with Crippen molar-refractivity contribution >= 4 is 16.8 Å². The third kappa shape index (κ3) is 3.93. The van der Waals surface area contributed by atoms with Crippen LogP contribution in [0, 0.1) is 23.0 Å². The third-order valence-corrected chi connectivity index (χ3v) is 7.85. The Kier molecular flexibility index (Phi) is 5.24. The minimum Gasteiger partial charge on any atom is -0.349 e. The number of carbonyl (C=O) groups is 1. The van der Waals surface area contributed by atoms with Crippen molar-refractivity contribution in [1.29, 1.82) is 0 Å². The highest BCUT2D eigenvalue weighted by molar-refractivity contribution is 6.06. The lowest BCUT2D eigenvalue weighted by atomic mass is 9.50. The molecular weight excluding hydrogens is 442 g/mol. The minimum absolute atomic E-state index is 0.173. The molecule has 0 saturated heterocycles. The van der Waals surface area contributed by atoms with Gasteiger partial charge in [-0.15, -0.1) is 0 Å². The predicted molar refractivity (Wildman–Crippen MR) is 134 cm³/mol. The lowest BCUT2D eigenvalue weighted by molar-refractivity contribution is -0.0399. The van der Waals surface area contributed by atoms with Gasteiger partial charge in [0.2, 0.25) is 0 Å². The lowest BCUT2D eigenvalue weighted by Crippen LogP contribution is -2.55. The fraction of sp³-hybridized carbons (Fsp3) is 0.300. The Morgan fingerprint density at radius 1 is 0.971 bits per heavy atom. The van der Waals surface area contributed by atoms with Crippen molar-refractivity contribution < 1.29 is 13.6 Å². The average Bonchev–Trinajstić information content (AvgIpc) is 3.22. The first-order valence-electron chi connectivity index (χ1n) is 12.3. The Morgan fingerprint density at radius 2 is 1.74 bits per heavy atom. The molecule has 1 N–H and O–H groups in total. The Balaban J connectivity index is 1.25. The van der Waals surface area contributed by atoms with Crippen LogP contribution in [0.1, 0.15) is 48.5 Å². The van der Waals surface area contributed by atoms with E-state index in [1.165, 1.54) is 25.0 Å². The maximum Gasteiger partial charge on any atom is 0.253 e. The molecule has 5 heteroatoms. The van der Waals surface area contributed by atoms with Crippen LogP contribution in [-0.2, 0) is 6.54 Å². The van der Waals surface area contributed by atoms with E-state index in [0.717, 1.165) is 29.9 Å². The van der Waals surface area contributed by atoms with E-state index in [0.29, 0.717) is 34.0 Å². The summed E-state index contributed by atoms with van der Waals surface area (Å²) in [4.78, 5) is 13.2. The molecule has 178 valence electrons. The minimum atomic E-state index is -0.369. The van der Waals surface area contributed by atoms with Crippen LogP contribution < -0.4 is 5.32 Å². The summed E-state index contributed by atoms with van der Waals surface area (Å²) in [7, 11) is 0. The molecule has 1 heterocycles. The number of aromatic nitrogens is 1. The number of nitrogens with one attached hydrogen (secondary N) is 1. The van der Waals surface area contributed by atoms with E-state index in [4.69, 9.17) is 0 Å². The summed E-state index contributed by atoms with van der Waals surface area (Å²) in [5, 5.41) is 3.56. The Morgan fingerprint density at radius 3 is 2.46 bits per heavy atom. The highest BCUT2D eigenvalue weighted by Crippen LogP contribution is 2.58. The summed E-state index contributed by atoms with van der Waals surface area (Å²) < 4.78 is 31.4. The Bertz CT molecular complexity index is 1410. The smallest absolute Gasteiger partial charge is 0.253 e. The van der Waals surface area contributed by atoms with Crippen molar-refractivity contribution in [3.63, 3.8) is 0 Å². The summed E-state index contributed by atoms with van der Waals surface area (Å²) in [6.45, 7) is 2.62. The maximum atomic E-state index is 14.9. The van der Waals surface area contributed by atoms with Crippen LogP contribution in [0.3, 0.4) is 0 Å². The standard InChI is InChI=1S/C30H28F2N2O/c1-19-14-30(15-19)16-22(17-30)33-29(35)25-9-10-26(31)24-11-12-34(28(24)25)18-20-7-8-23(27(32)13-20)21-5-3-2-4-6-21/h2-13,19,22H,14-18H2,1H3,(H,33,35). The van der Waals surface area contributed by atoms with Crippen molar-refractivity contribution in [3.8, 4) is 11.1 Å². The summed E-state index contributed by atoms with van der Waals surface area (Å²) >= 11 is 0. The second kappa shape index (κ2) is 8.33. The number of hydrogen-bond acceptors (Lipinski definition) is 1. The molecule has 0 aliphatic heterocycles. The zero-order valence-corrected chi connectivity index (χ0v) is 19.7. The van der Waals surface area contributed by atoms with Gasteiger partial charge in [0.1, 0.15) is 11.6 Å². The number of hydrogen-bond donors (Lipinski definition) is 1. The van der Waals surface area contributed by atoms with Crippen LogP contribution in [0.15, 0.2) is 72.9 Å². The van der Waals surface area contributed by atoms with Gasteiger partial charge in [-0.25, -0.2) is 8.78 Å². The summed E-state index contributed by atoms with van der Waals surface area (Å²) in [5.74, 6) is -0.0588. The maximum absolute atomic E-state index is 14.9. The number of nitrogens with zero attached hydrogens (tertiary/aromatic N) is 1. The van der Waals surface area contributed by atoms with Gasteiger partial charge in [-0.1, -0.05) is 49.4 Å². The first kappa shape index (κ1) is 22.0. The summed E-state index contributed by atoms with van der Waals surface area (Å²) in [5.41, 5.74) is 3.54. The molecule has 1 amide bonds. The number of amides is 1. The number of carbonyl (C=O) groups excluding carboxylic acids is 1. The van der Waals surface area contributed by atoms with E-state index in [1.807, 2.05) is 41.0 Å². The van der Waals surface area contributed by atoms with Crippen molar-refractivity contribution in [2.45, 2.75) is 45.2 Å². The molecule has 35 heavy (non-hydrogen) atoms. The molecule has 2 aliphatic rings. The second-order valence-electron chi connectivity index (χ2n) is 10.6. The molecule has 3 nitrogen and oxygen atoms in total. The van der Waals surface area contributed by atoms with E-state index < -0.39 is 0 Å². The quantitative estimate of drug-likeness (QED) is 0.337. The van der Waals surface area contributed by atoms with Crippen molar-refractivity contribution in [3.05, 3.63) is 95.7 Å². The fourth-order valence-electron chi connectivity index (χ4n) is 6.41. The SMILES string of the molecule is CC1CC2(C1)CC(NC(=O)c1ccc(F)c3ccn(Cc4ccc(-c5ccccc5)c(F)c4)c13)C2. The lowest BCUT2D eigenvalue weighted by Gasteiger charge is -2.57. The van der Waals surface area contributed by atoms with Crippen LogP contribution in [0.5, 0.6) is 0 Å². The molecule has 2 saturated carbocycles. The van der Waals surface area contributed by atoms with Crippen LogP contribution >= 0.6 is 0 Å². The van der Waals surface area contributed by atoms with Gasteiger partial charge in [0.25, 0.3) is 5.91 Å². The van der Waals surface area contributed by atoms with E-state index in [2.05, 4.69) is 12.2 Å². The highest BCUT2D eigenvalue weighted by atomic mass is 19.1. The number of rotatable bonds is 5. The number of halogens is 2. The zero-order valence-electron chi connectivity index (χ0n) is 19.7. The van der Waals surface area contributed by atoms with Crippen molar-refractivity contribution in [2.75, 3.05) is 0 Å². The summed E-state index contributed by atoms with van der Waals surface area (Å²) in [6, 6.07) is 19.4. The molecule has 0 atom stereocenters. The summed E-state index contributed by atoms with van der Waals surface area (Å²) in [6.07, 6.45) is 6.33. The predicted octanol–water partition coefficient (Wildman–Crippen LogP) is 6.94. The van der Waals surface area contributed by atoms with Gasteiger partial charge in [-0.3, -0.25) is 4.79 Å². The molecule has 0 bridgehead atoms. The van der Waals surface area contributed by atoms with Gasteiger partial charge in [0.15, 0.2) is 0 Å². The molecule has 2 fully saturated rings. The molecule has 1 spiro atoms. The van der Waals surface area contributed by atoms with Crippen molar-refractivity contribution in [2.24, 2.45) is 11.3 Å². The van der Waals surface area contributed by atoms with E-state index in [9.17, 15) is 13.6 Å². The van der Waals surface area contributed by atoms with Crippen LogP contribution in [-0.4, -0.2) is 16.5 Å². The third-order valence-electron chi connectivity index (χ3n) is 7.85. The first-order chi connectivity index (χ1) is 16.9. The van der Waals surface area contributed by atoms with Gasteiger partial charge >= 0.3 is 0 Å². The van der Waals surface area contributed by atoms with Crippen molar-refractivity contribution in [1.82, 2.24) is 9.88 Å². The van der Waals surface area contributed by atoms with E-state index >= 15 is 0 Å². The Hall–Kier alpha value is -3.47. The molecule has 2 aliphatic carbocycles. The van der Waals surface area contributed by atoms with Crippen LogP contribution in [0.4, 0.5) is 8.78 Å². The van der Waals surface area contributed by atoms with Gasteiger partial charge in [0, 0.05) is 29.7 Å². The zero-order chi connectivity index (χ0) is 24.2. The molecule has 3 aromatic carbocycles. The Labute approximate surface area is 203 Å². The van der Waals surface area contributed by atoms with E-state index in [1.54, 1.807) is 24.4 Å². The largest absolute Gasteiger partial charge is 0.349 e. The van der Waals surface area contributed by atoms with Crippen LogP contribution in [0.25, 0.3) is 22.0 Å². The molecule has 4 aromatic rings.